The maximum Gasteiger partial charge on any atom is 0.127 e. The van der Waals surface area contributed by atoms with E-state index in [0.717, 1.165) is 18.0 Å². The molecule has 0 saturated carbocycles. The van der Waals surface area contributed by atoms with Crippen LogP contribution in [0.1, 0.15) is 12.5 Å². The first-order chi connectivity index (χ1) is 9.63. The lowest BCUT2D eigenvalue weighted by Gasteiger charge is -2.10. The van der Waals surface area contributed by atoms with Gasteiger partial charge >= 0.3 is 0 Å². The molecule has 0 spiro atoms. The highest BCUT2D eigenvalue weighted by Gasteiger charge is 1.97. The molecule has 2 aromatic carbocycles. The molecule has 0 N–H and O–H groups in total. The standard InChI is InChI=1S/C18H21NO/c1-15(14-19(2)3)13-16-9-11-18(12-10-16)20-17-7-5-4-6-8-17/h4-13H,14H2,1-3H3. The SMILES string of the molecule is CC(=Cc1ccc(Oc2ccccc2)cc1)CN(C)C. The molecule has 0 amide bonds. The van der Waals surface area contributed by atoms with Gasteiger partial charge in [0.05, 0.1) is 0 Å². The molecule has 0 atom stereocenters. The fraction of sp³-hybridized carbons (Fsp3) is 0.222. The van der Waals surface area contributed by atoms with Gasteiger partial charge in [0.2, 0.25) is 0 Å². The van der Waals surface area contributed by atoms with Crippen molar-refractivity contribution in [3.05, 3.63) is 65.7 Å². The maximum atomic E-state index is 5.77. The van der Waals surface area contributed by atoms with Crippen LogP contribution in [0.25, 0.3) is 6.08 Å². The molecule has 0 aliphatic carbocycles. The van der Waals surface area contributed by atoms with Crippen molar-refractivity contribution in [2.45, 2.75) is 6.92 Å². The smallest absolute Gasteiger partial charge is 0.127 e. The Kier molecular flexibility index (Phi) is 4.97. The zero-order valence-corrected chi connectivity index (χ0v) is 12.3. The summed E-state index contributed by atoms with van der Waals surface area (Å²) >= 11 is 0. The lowest BCUT2D eigenvalue weighted by Crippen LogP contribution is -2.13. The molecule has 2 aromatic rings. The van der Waals surface area contributed by atoms with Crippen LogP contribution in [0.2, 0.25) is 0 Å². The Bertz CT molecular complexity index is 556. The van der Waals surface area contributed by atoms with Crippen molar-refractivity contribution >= 4 is 6.08 Å². The molecule has 0 radical (unpaired) electrons. The van der Waals surface area contributed by atoms with E-state index in [1.807, 2.05) is 42.5 Å². The van der Waals surface area contributed by atoms with Crippen molar-refractivity contribution in [3.63, 3.8) is 0 Å². The van der Waals surface area contributed by atoms with Crippen LogP contribution in [0.3, 0.4) is 0 Å². The quantitative estimate of drug-likeness (QED) is 0.794. The lowest BCUT2D eigenvalue weighted by atomic mass is 10.1. The van der Waals surface area contributed by atoms with E-state index in [-0.39, 0.29) is 0 Å². The highest BCUT2D eigenvalue weighted by molar-refractivity contribution is 5.54. The number of nitrogens with zero attached hydrogens (tertiary/aromatic N) is 1. The van der Waals surface area contributed by atoms with Gasteiger partial charge in [-0.1, -0.05) is 42.0 Å². The molecule has 2 nitrogen and oxygen atoms in total. The number of likely N-dealkylation sites (N-methyl/N-ethyl adjacent to an activating group) is 1. The number of para-hydroxylation sites is 1. The van der Waals surface area contributed by atoms with Crippen LogP contribution in [0.4, 0.5) is 0 Å². The van der Waals surface area contributed by atoms with Crippen LogP contribution >= 0.6 is 0 Å². The third-order valence-corrected chi connectivity index (χ3v) is 2.84. The van der Waals surface area contributed by atoms with E-state index in [4.69, 9.17) is 4.74 Å². The number of benzene rings is 2. The molecule has 0 aromatic heterocycles. The van der Waals surface area contributed by atoms with Gasteiger partial charge in [0.15, 0.2) is 0 Å². The third-order valence-electron chi connectivity index (χ3n) is 2.84. The summed E-state index contributed by atoms with van der Waals surface area (Å²) in [5.41, 5.74) is 2.54. The van der Waals surface area contributed by atoms with Gasteiger partial charge in [0.25, 0.3) is 0 Å². The van der Waals surface area contributed by atoms with Crippen molar-refractivity contribution < 1.29 is 4.74 Å². The van der Waals surface area contributed by atoms with Gasteiger partial charge in [-0.3, -0.25) is 0 Å². The first kappa shape index (κ1) is 14.4. The highest BCUT2D eigenvalue weighted by Crippen LogP contribution is 2.21. The molecule has 0 aliphatic rings. The average Bonchev–Trinajstić information content (AvgIpc) is 2.41. The summed E-state index contributed by atoms with van der Waals surface area (Å²) in [7, 11) is 4.16. The summed E-state index contributed by atoms with van der Waals surface area (Å²) < 4.78 is 5.77. The minimum absolute atomic E-state index is 0.860. The summed E-state index contributed by atoms with van der Waals surface area (Å²) in [6.07, 6.45) is 2.20. The van der Waals surface area contributed by atoms with E-state index < -0.39 is 0 Å². The normalized spacial score (nSPS) is 11.7. The first-order valence-electron chi connectivity index (χ1n) is 6.78. The van der Waals surface area contributed by atoms with Crippen molar-refractivity contribution in [3.8, 4) is 11.5 Å². The zero-order chi connectivity index (χ0) is 14.4. The van der Waals surface area contributed by atoms with Crippen molar-refractivity contribution in [2.24, 2.45) is 0 Å². The van der Waals surface area contributed by atoms with E-state index in [0.29, 0.717) is 0 Å². The Hall–Kier alpha value is -2.06. The summed E-state index contributed by atoms with van der Waals surface area (Å²) in [6.45, 7) is 3.12. The lowest BCUT2D eigenvalue weighted by molar-refractivity contribution is 0.446. The predicted molar refractivity (Wildman–Crippen MR) is 85.2 cm³/mol. The summed E-state index contributed by atoms with van der Waals surface area (Å²) in [6, 6.07) is 18.0. The number of rotatable bonds is 5. The maximum absolute atomic E-state index is 5.77. The molecule has 0 unspecified atom stereocenters. The van der Waals surface area contributed by atoms with Crippen LogP contribution in [-0.4, -0.2) is 25.5 Å². The molecule has 104 valence electrons. The third kappa shape index (κ3) is 4.56. The molecule has 2 rings (SSSR count). The molecule has 0 aliphatic heterocycles. The summed E-state index contributed by atoms with van der Waals surface area (Å²) in [4.78, 5) is 2.17. The van der Waals surface area contributed by atoms with E-state index in [1.54, 1.807) is 0 Å². The summed E-state index contributed by atoms with van der Waals surface area (Å²) in [5, 5.41) is 0. The topological polar surface area (TPSA) is 12.5 Å². The second-order valence-corrected chi connectivity index (χ2v) is 5.21. The minimum atomic E-state index is 0.860. The molecule has 2 heteroatoms. The highest BCUT2D eigenvalue weighted by atomic mass is 16.5. The number of hydrogen-bond donors (Lipinski definition) is 0. The molecule has 0 heterocycles. The van der Waals surface area contributed by atoms with Gasteiger partial charge in [-0.15, -0.1) is 0 Å². The largest absolute Gasteiger partial charge is 0.457 e. The summed E-state index contributed by atoms with van der Waals surface area (Å²) in [5.74, 6) is 1.72. The molecular weight excluding hydrogens is 246 g/mol. The average molecular weight is 267 g/mol. The molecule has 0 saturated heterocycles. The van der Waals surface area contributed by atoms with Crippen molar-refractivity contribution in [1.29, 1.82) is 0 Å². The van der Waals surface area contributed by atoms with Gasteiger partial charge < -0.3 is 9.64 Å². The van der Waals surface area contributed by atoms with Gasteiger partial charge in [0.1, 0.15) is 11.5 Å². The second-order valence-electron chi connectivity index (χ2n) is 5.21. The van der Waals surface area contributed by atoms with Gasteiger partial charge in [0, 0.05) is 6.54 Å². The van der Waals surface area contributed by atoms with Crippen LogP contribution in [0.15, 0.2) is 60.2 Å². The van der Waals surface area contributed by atoms with E-state index in [9.17, 15) is 0 Å². The van der Waals surface area contributed by atoms with Crippen molar-refractivity contribution in [1.82, 2.24) is 4.90 Å². The fourth-order valence-electron chi connectivity index (χ4n) is 2.09. The number of hydrogen-bond acceptors (Lipinski definition) is 2. The zero-order valence-electron chi connectivity index (χ0n) is 12.3. The fourth-order valence-corrected chi connectivity index (χ4v) is 2.09. The molecule has 0 bridgehead atoms. The second kappa shape index (κ2) is 6.92. The van der Waals surface area contributed by atoms with Crippen molar-refractivity contribution in [2.75, 3.05) is 20.6 Å². The Balaban J connectivity index is 2.03. The monoisotopic (exact) mass is 267 g/mol. The molecule has 20 heavy (non-hydrogen) atoms. The van der Waals surface area contributed by atoms with Crippen LogP contribution in [0.5, 0.6) is 11.5 Å². The van der Waals surface area contributed by atoms with E-state index in [1.165, 1.54) is 11.1 Å². The van der Waals surface area contributed by atoms with Gasteiger partial charge in [-0.2, -0.15) is 0 Å². The van der Waals surface area contributed by atoms with Gasteiger partial charge in [-0.05, 0) is 50.8 Å². The molecule has 0 fully saturated rings. The van der Waals surface area contributed by atoms with Crippen LogP contribution < -0.4 is 4.74 Å². The predicted octanol–water partition coefficient (Wildman–Crippen LogP) is 4.44. The Labute approximate surface area is 121 Å². The number of ether oxygens (including phenoxy) is 1. The Morgan fingerprint density at radius 3 is 2.15 bits per heavy atom. The Morgan fingerprint density at radius 1 is 0.950 bits per heavy atom. The van der Waals surface area contributed by atoms with E-state index >= 15 is 0 Å². The van der Waals surface area contributed by atoms with E-state index in [2.05, 4.69) is 44.1 Å². The minimum Gasteiger partial charge on any atom is -0.457 e. The Morgan fingerprint density at radius 2 is 1.55 bits per heavy atom. The molecular formula is C18H21NO. The first-order valence-corrected chi connectivity index (χ1v) is 6.78. The van der Waals surface area contributed by atoms with Gasteiger partial charge in [-0.25, -0.2) is 0 Å². The van der Waals surface area contributed by atoms with Crippen LogP contribution in [0, 0.1) is 0 Å². The van der Waals surface area contributed by atoms with Crippen LogP contribution in [-0.2, 0) is 0 Å².